The van der Waals surface area contributed by atoms with Gasteiger partial charge in [-0.05, 0) is 52.6 Å². The molecule has 0 unspecified atom stereocenters. The Balaban J connectivity index is 3.95. The van der Waals surface area contributed by atoms with Gasteiger partial charge in [-0.25, -0.2) is 5.06 Å². The molecule has 0 aromatic rings. The second-order valence-corrected chi connectivity index (χ2v) is 11.3. The molecule has 0 bridgehead atoms. The van der Waals surface area contributed by atoms with Gasteiger partial charge in [0.1, 0.15) is 0 Å². The van der Waals surface area contributed by atoms with Gasteiger partial charge in [0.2, 0.25) is 0 Å². The van der Waals surface area contributed by atoms with E-state index in [1.165, 1.54) is 31.0 Å². The van der Waals surface area contributed by atoms with Crippen LogP contribution in [0.3, 0.4) is 0 Å². The molecular weight excluding hydrogens is 500 g/mol. The number of carbonyl (C=O) groups is 2. The third kappa shape index (κ3) is 26.5. The minimum atomic E-state index is -0.133. The lowest BCUT2D eigenvalue weighted by atomic mass is 10.1. The molecule has 0 fully saturated rings. The summed E-state index contributed by atoms with van der Waals surface area (Å²) in [5, 5.41) is 10.4. The fourth-order valence-electron chi connectivity index (χ4n) is 3.81. The van der Waals surface area contributed by atoms with Crippen LogP contribution in [0.1, 0.15) is 116 Å². The lowest BCUT2D eigenvalue weighted by molar-refractivity contribution is -0.142. The van der Waals surface area contributed by atoms with E-state index in [-0.39, 0.29) is 17.8 Å². The van der Waals surface area contributed by atoms with Gasteiger partial charge in [0.15, 0.2) is 0 Å². The maximum absolute atomic E-state index is 12.7. The Labute approximate surface area is 238 Å². The number of thioether (sulfide) groups is 1. The van der Waals surface area contributed by atoms with Crippen molar-refractivity contribution in [2.24, 2.45) is 0 Å². The Hall–Kier alpha value is -1.09. The van der Waals surface area contributed by atoms with E-state index in [0.717, 1.165) is 95.8 Å². The van der Waals surface area contributed by atoms with Crippen LogP contribution in [0.15, 0.2) is 12.2 Å². The summed E-state index contributed by atoms with van der Waals surface area (Å²) in [5.41, 5.74) is 0. The third-order valence-electron chi connectivity index (χ3n) is 6.21. The average Bonchev–Trinajstić information content (AvgIpc) is 2.89. The van der Waals surface area contributed by atoms with Crippen molar-refractivity contribution in [3.8, 4) is 0 Å². The number of nitrogens with zero attached hydrogens (tertiary/aromatic N) is 2. The lowest BCUT2D eigenvalue weighted by Gasteiger charge is -2.22. The molecule has 0 atom stereocenters. The van der Waals surface area contributed by atoms with Crippen LogP contribution in [0.25, 0.3) is 0 Å². The Morgan fingerprint density at radius 3 is 2.05 bits per heavy atom. The monoisotopic (exact) mass is 558 g/mol. The van der Waals surface area contributed by atoms with E-state index < -0.39 is 0 Å². The zero-order valence-electron chi connectivity index (χ0n) is 24.8. The highest BCUT2D eigenvalue weighted by Crippen LogP contribution is 2.14. The Kier molecular flexibility index (Phi) is 28.1. The van der Waals surface area contributed by atoms with Gasteiger partial charge < -0.3 is 14.7 Å². The number of aliphatic hydroxyl groups excluding tert-OH is 1. The van der Waals surface area contributed by atoms with Crippen LogP contribution in [0.5, 0.6) is 0 Å². The first-order valence-corrected chi connectivity index (χ1v) is 16.1. The molecule has 7 nitrogen and oxygen atoms in total. The number of aliphatic hydroxyl groups is 1. The summed E-state index contributed by atoms with van der Waals surface area (Å²) in [7, 11) is 4.02. The zero-order valence-corrected chi connectivity index (χ0v) is 25.6. The number of ether oxygens (including phenoxy) is 1. The van der Waals surface area contributed by atoms with E-state index in [1.54, 1.807) is 5.06 Å². The van der Waals surface area contributed by atoms with E-state index in [2.05, 4.69) is 17.9 Å². The molecule has 0 aromatic carbocycles. The van der Waals surface area contributed by atoms with Gasteiger partial charge in [-0.1, -0.05) is 95.0 Å². The number of hydrogen-bond acceptors (Lipinski definition) is 7. The van der Waals surface area contributed by atoms with Gasteiger partial charge >= 0.3 is 11.2 Å². The summed E-state index contributed by atoms with van der Waals surface area (Å²) in [6.45, 7) is 5.04. The maximum Gasteiger partial charge on any atom is 0.309 e. The number of rotatable bonds is 27. The van der Waals surface area contributed by atoms with Crippen molar-refractivity contribution in [1.82, 2.24) is 9.96 Å². The summed E-state index contributed by atoms with van der Waals surface area (Å²) in [5.74, 6) is 0.628. The highest BCUT2D eigenvalue weighted by Gasteiger charge is 2.15. The van der Waals surface area contributed by atoms with E-state index in [9.17, 15) is 9.59 Å². The van der Waals surface area contributed by atoms with Gasteiger partial charge in [0.25, 0.3) is 0 Å². The van der Waals surface area contributed by atoms with Crippen LogP contribution in [-0.4, -0.2) is 79.0 Å². The van der Waals surface area contributed by atoms with Gasteiger partial charge in [-0.15, -0.1) is 0 Å². The van der Waals surface area contributed by atoms with Gasteiger partial charge in [-0.3, -0.25) is 14.4 Å². The molecule has 0 aliphatic rings. The number of allylic oxidation sites excluding steroid dienone is 1. The summed E-state index contributed by atoms with van der Waals surface area (Å²) < 4.78 is 5.32. The van der Waals surface area contributed by atoms with Gasteiger partial charge in [0, 0.05) is 25.4 Å². The maximum atomic E-state index is 12.7. The summed E-state index contributed by atoms with van der Waals surface area (Å²) in [6.07, 6.45) is 21.5. The van der Waals surface area contributed by atoms with Crippen LogP contribution in [-0.2, 0) is 14.4 Å². The molecule has 0 rings (SSSR count). The van der Waals surface area contributed by atoms with E-state index in [4.69, 9.17) is 14.7 Å². The summed E-state index contributed by atoms with van der Waals surface area (Å²) in [4.78, 5) is 32.4. The van der Waals surface area contributed by atoms with Crippen molar-refractivity contribution in [3.63, 3.8) is 0 Å². The first-order valence-electron chi connectivity index (χ1n) is 15.1. The Morgan fingerprint density at radius 1 is 0.763 bits per heavy atom. The molecule has 0 aliphatic heterocycles. The molecule has 1 N–H and O–H groups in total. The van der Waals surface area contributed by atoms with Crippen molar-refractivity contribution in [2.75, 3.05) is 52.8 Å². The highest BCUT2D eigenvalue weighted by molar-refractivity contribution is 8.13. The lowest BCUT2D eigenvalue weighted by Crippen LogP contribution is -2.30. The number of amides is 1. The van der Waals surface area contributed by atoms with E-state index in [0.29, 0.717) is 26.2 Å². The molecule has 1 amide bonds. The normalized spacial score (nSPS) is 11.5. The van der Waals surface area contributed by atoms with Crippen LogP contribution >= 0.6 is 11.8 Å². The second kappa shape index (κ2) is 28.9. The number of hydrogen-bond donors (Lipinski definition) is 1. The van der Waals surface area contributed by atoms with Crippen molar-refractivity contribution in [3.05, 3.63) is 12.2 Å². The van der Waals surface area contributed by atoms with Crippen LogP contribution in [0.4, 0.5) is 4.79 Å². The molecule has 0 saturated heterocycles. The molecule has 38 heavy (non-hydrogen) atoms. The molecule has 0 saturated carbocycles. The standard InChI is InChI=1S/C30H58N2O5S/c1-4-5-6-7-12-17-22-29(34)36-26-20-15-10-8-13-18-23-32(30(35)38-28-24-31(2)3)37-27-21-16-11-9-14-19-25-33/h12,17,33H,4-11,13-16,18-28H2,1-3H3/b17-12-. The molecule has 8 heteroatoms. The van der Waals surface area contributed by atoms with Crippen molar-refractivity contribution in [1.29, 1.82) is 0 Å². The Morgan fingerprint density at radius 2 is 1.39 bits per heavy atom. The van der Waals surface area contributed by atoms with Gasteiger partial charge in [-0.2, -0.15) is 0 Å². The first kappa shape index (κ1) is 36.9. The second-order valence-electron chi connectivity index (χ2n) is 10.2. The predicted molar refractivity (Wildman–Crippen MR) is 160 cm³/mol. The van der Waals surface area contributed by atoms with Gasteiger partial charge in [0.05, 0.1) is 19.6 Å². The summed E-state index contributed by atoms with van der Waals surface area (Å²) >= 11 is 1.33. The number of unbranched alkanes of at least 4 members (excludes halogenated alkanes) is 13. The fraction of sp³-hybridized carbons (Fsp3) is 0.867. The average molecular weight is 559 g/mol. The predicted octanol–water partition coefficient (Wildman–Crippen LogP) is 7.38. The van der Waals surface area contributed by atoms with Crippen LogP contribution < -0.4 is 0 Å². The number of esters is 1. The SMILES string of the molecule is CCCCC/C=C\CC(=O)OCCCCCCCCN(OCCCCCCCCO)C(=O)SCCN(C)C. The van der Waals surface area contributed by atoms with E-state index >= 15 is 0 Å². The molecular formula is C30H58N2O5S. The third-order valence-corrected chi connectivity index (χ3v) is 7.05. The molecule has 0 aliphatic carbocycles. The first-order chi connectivity index (χ1) is 18.5. The van der Waals surface area contributed by atoms with Crippen molar-refractivity contribution < 1.29 is 24.3 Å². The summed E-state index contributed by atoms with van der Waals surface area (Å²) in [6, 6.07) is 0. The topological polar surface area (TPSA) is 79.3 Å². The van der Waals surface area contributed by atoms with E-state index in [1.807, 2.05) is 20.2 Å². The zero-order chi connectivity index (χ0) is 28.1. The minimum absolute atomic E-state index is 0.00687. The largest absolute Gasteiger partial charge is 0.465 e. The highest BCUT2D eigenvalue weighted by atomic mass is 32.2. The molecule has 0 radical (unpaired) electrons. The fourth-order valence-corrected chi connectivity index (χ4v) is 4.73. The quantitative estimate of drug-likeness (QED) is 0.0488. The Bertz CT molecular complexity index is 575. The molecule has 224 valence electrons. The number of hydroxylamine groups is 2. The van der Waals surface area contributed by atoms with Crippen molar-refractivity contribution >= 4 is 23.0 Å². The minimum Gasteiger partial charge on any atom is -0.465 e. The van der Waals surface area contributed by atoms with Crippen LogP contribution in [0, 0.1) is 0 Å². The van der Waals surface area contributed by atoms with Crippen LogP contribution in [0.2, 0.25) is 0 Å². The number of carbonyl (C=O) groups excluding carboxylic acids is 2. The molecule has 0 aromatic heterocycles. The molecule has 0 heterocycles. The molecule has 0 spiro atoms. The van der Waals surface area contributed by atoms with Crippen molar-refractivity contribution in [2.45, 2.75) is 116 Å². The smallest absolute Gasteiger partial charge is 0.309 e.